The van der Waals surface area contributed by atoms with Gasteiger partial charge in [0.2, 0.25) is 0 Å². The molecule has 0 bridgehead atoms. The zero-order valence-electron chi connectivity index (χ0n) is 11.7. The molecule has 104 valence electrons. The summed E-state index contributed by atoms with van der Waals surface area (Å²) in [6.45, 7) is 3.92. The summed E-state index contributed by atoms with van der Waals surface area (Å²) >= 11 is 3.44. The van der Waals surface area contributed by atoms with E-state index in [0.29, 0.717) is 11.3 Å². The first-order chi connectivity index (χ1) is 9.51. The molecular formula is C16H16BrNO2. The van der Waals surface area contributed by atoms with Crippen LogP contribution in [0.4, 0.5) is 5.69 Å². The smallest absolute Gasteiger partial charge is 0.255 e. The number of halogens is 1. The summed E-state index contributed by atoms with van der Waals surface area (Å²) in [5.41, 5.74) is 3.43. The highest BCUT2D eigenvalue weighted by atomic mass is 79.9. The van der Waals surface area contributed by atoms with Gasteiger partial charge in [-0.05, 0) is 55.3 Å². The van der Waals surface area contributed by atoms with Gasteiger partial charge < -0.3 is 10.1 Å². The minimum absolute atomic E-state index is 0.148. The number of methoxy groups -OCH3 is 1. The maximum absolute atomic E-state index is 12.2. The van der Waals surface area contributed by atoms with E-state index in [1.54, 1.807) is 19.2 Å². The Balaban J connectivity index is 2.21. The van der Waals surface area contributed by atoms with Gasteiger partial charge in [0.05, 0.1) is 7.11 Å². The molecule has 0 aliphatic heterocycles. The average Bonchev–Trinajstić information content (AvgIpc) is 2.43. The van der Waals surface area contributed by atoms with Gasteiger partial charge in [0.15, 0.2) is 0 Å². The van der Waals surface area contributed by atoms with Crippen LogP contribution in [0.25, 0.3) is 0 Å². The van der Waals surface area contributed by atoms with Crippen molar-refractivity contribution in [2.45, 2.75) is 13.8 Å². The van der Waals surface area contributed by atoms with Gasteiger partial charge in [0.25, 0.3) is 5.91 Å². The molecule has 0 radical (unpaired) electrons. The van der Waals surface area contributed by atoms with Gasteiger partial charge in [-0.2, -0.15) is 0 Å². The van der Waals surface area contributed by atoms with Crippen molar-refractivity contribution < 1.29 is 9.53 Å². The average molecular weight is 334 g/mol. The van der Waals surface area contributed by atoms with Gasteiger partial charge in [-0.15, -0.1) is 0 Å². The number of anilines is 1. The Labute approximate surface area is 127 Å². The van der Waals surface area contributed by atoms with E-state index in [9.17, 15) is 4.79 Å². The first kappa shape index (κ1) is 14.6. The SMILES string of the molecule is COc1cc(C(=O)Nc2ccc(Br)c(C)c2)ccc1C. The molecular weight excluding hydrogens is 318 g/mol. The van der Waals surface area contributed by atoms with Crippen LogP contribution in [0.1, 0.15) is 21.5 Å². The summed E-state index contributed by atoms with van der Waals surface area (Å²) in [6.07, 6.45) is 0. The van der Waals surface area contributed by atoms with Gasteiger partial charge in [0, 0.05) is 15.7 Å². The van der Waals surface area contributed by atoms with Crippen LogP contribution in [-0.4, -0.2) is 13.0 Å². The van der Waals surface area contributed by atoms with Crippen LogP contribution in [0, 0.1) is 13.8 Å². The summed E-state index contributed by atoms with van der Waals surface area (Å²) in [4.78, 5) is 12.2. The highest BCUT2D eigenvalue weighted by molar-refractivity contribution is 9.10. The maximum atomic E-state index is 12.2. The Hall–Kier alpha value is -1.81. The fourth-order valence-electron chi connectivity index (χ4n) is 1.89. The molecule has 0 spiro atoms. The van der Waals surface area contributed by atoms with Crippen LogP contribution in [0.5, 0.6) is 5.75 Å². The Bertz CT molecular complexity index is 653. The van der Waals surface area contributed by atoms with E-state index in [4.69, 9.17) is 4.74 Å². The molecule has 2 aromatic carbocycles. The Morgan fingerprint density at radius 3 is 2.50 bits per heavy atom. The van der Waals surface area contributed by atoms with E-state index in [0.717, 1.165) is 21.3 Å². The van der Waals surface area contributed by atoms with Gasteiger partial charge in [-0.3, -0.25) is 4.79 Å². The van der Waals surface area contributed by atoms with Gasteiger partial charge in [-0.1, -0.05) is 22.0 Å². The number of aryl methyl sites for hydroxylation is 2. The minimum Gasteiger partial charge on any atom is -0.496 e. The van der Waals surface area contributed by atoms with Crippen molar-refractivity contribution in [2.75, 3.05) is 12.4 Å². The molecule has 0 fully saturated rings. The third-order valence-corrected chi connectivity index (χ3v) is 3.98. The summed E-state index contributed by atoms with van der Waals surface area (Å²) in [7, 11) is 1.60. The number of hydrogen-bond acceptors (Lipinski definition) is 2. The molecule has 3 nitrogen and oxygen atoms in total. The number of hydrogen-bond donors (Lipinski definition) is 1. The normalized spacial score (nSPS) is 10.2. The van der Waals surface area contributed by atoms with E-state index in [1.807, 2.05) is 38.1 Å². The van der Waals surface area contributed by atoms with E-state index in [1.165, 1.54) is 0 Å². The monoisotopic (exact) mass is 333 g/mol. The topological polar surface area (TPSA) is 38.3 Å². The summed E-state index contributed by atoms with van der Waals surface area (Å²) in [6, 6.07) is 11.1. The molecule has 0 saturated carbocycles. The number of carbonyl (C=O) groups is 1. The van der Waals surface area contributed by atoms with Crippen molar-refractivity contribution in [3.05, 3.63) is 57.6 Å². The molecule has 2 rings (SSSR count). The lowest BCUT2D eigenvalue weighted by molar-refractivity contribution is 0.102. The molecule has 0 atom stereocenters. The largest absolute Gasteiger partial charge is 0.496 e. The number of rotatable bonds is 3. The van der Waals surface area contributed by atoms with E-state index < -0.39 is 0 Å². The van der Waals surface area contributed by atoms with E-state index >= 15 is 0 Å². The van der Waals surface area contributed by atoms with Crippen LogP contribution in [-0.2, 0) is 0 Å². The number of amides is 1. The molecule has 2 aromatic rings. The predicted molar refractivity (Wildman–Crippen MR) is 84.6 cm³/mol. The number of carbonyl (C=O) groups excluding carboxylic acids is 1. The number of benzene rings is 2. The zero-order valence-corrected chi connectivity index (χ0v) is 13.2. The third-order valence-electron chi connectivity index (χ3n) is 3.09. The fourth-order valence-corrected chi connectivity index (χ4v) is 2.13. The Morgan fingerprint density at radius 2 is 1.85 bits per heavy atom. The molecule has 20 heavy (non-hydrogen) atoms. The molecule has 4 heteroatoms. The van der Waals surface area contributed by atoms with E-state index in [2.05, 4.69) is 21.2 Å². The Kier molecular flexibility index (Phi) is 4.45. The van der Waals surface area contributed by atoms with Crippen molar-refractivity contribution >= 4 is 27.5 Å². The van der Waals surface area contributed by atoms with Crippen molar-refractivity contribution in [2.24, 2.45) is 0 Å². The summed E-state index contributed by atoms with van der Waals surface area (Å²) in [5.74, 6) is 0.564. The summed E-state index contributed by atoms with van der Waals surface area (Å²) < 4.78 is 6.26. The van der Waals surface area contributed by atoms with Crippen LogP contribution < -0.4 is 10.1 Å². The second-order valence-corrected chi connectivity index (χ2v) is 5.46. The molecule has 0 aliphatic rings. The third kappa shape index (κ3) is 3.20. The molecule has 0 unspecified atom stereocenters. The van der Waals surface area contributed by atoms with Crippen LogP contribution in [0.15, 0.2) is 40.9 Å². The molecule has 0 heterocycles. The quantitative estimate of drug-likeness (QED) is 0.907. The lowest BCUT2D eigenvalue weighted by atomic mass is 10.1. The second kappa shape index (κ2) is 6.09. The first-order valence-electron chi connectivity index (χ1n) is 6.23. The molecule has 0 aromatic heterocycles. The zero-order chi connectivity index (χ0) is 14.7. The minimum atomic E-state index is -0.148. The van der Waals surface area contributed by atoms with Gasteiger partial charge >= 0.3 is 0 Å². The van der Waals surface area contributed by atoms with Crippen molar-refractivity contribution in [1.82, 2.24) is 0 Å². The van der Waals surface area contributed by atoms with E-state index in [-0.39, 0.29) is 5.91 Å². The van der Waals surface area contributed by atoms with Crippen molar-refractivity contribution in [3.63, 3.8) is 0 Å². The highest BCUT2D eigenvalue weighted by Crippen LogP contribution is 2.22. The van der Waals surface area contributed by atoms with Crippen molar-refractivity contribution in [3.8, 4) is 5.75 Å². The Morgan fingerprint density at radius 1 is 1.10 bits per heavy atom. The molecule has 1 N–H and O–H groups in total. The standard InChI is InChI=1S/C16H16BrNO2/c1-10-4-5-12(9-15(10)20-3)16(19)18-13-6-7-14(17)11(2)8-13/h4-9H,1-3H3,(H,18,19). The molecule has 1 amide bonds. The summed E-state index contributed by atoms with van der Waals surface area (Å²) in [5, 5.41) is 2.88. The van der Waals surface area contributed by atoms with Crippen LogP contribution >= 0.6 is 15.9 Å². The van der Waals surface area contributed by atoms with Gasteiger partial charge in [0.1, 0.15) is 5.75 Å². The number of nitrogens with one attached hydrogen (secondary N) is 1. The molecule has 0 aliphatic carbocycles. The van der Waals surface area contributed by atoms with Crippen LogP contribution in [0.2, 0.25) is 0 Å². The highest BCUT2D eigenvalue weighted by Gasteiger charge is 2.09. The fraction of sp³-hybridized carbons (Fsp3) is 0.188. The predicted octanol–water partition coefficient (Wildman–Crippen LogP) is 4.33. The lowest BCUT2D eigenvalue weighted by Gasteiger charge is -2.09. The second-order valence-electron chi connectivity index (χ2n) is 4.60. The lowest BCUT2D eigenvalue weighted by Crippen LogP contribution is -2.12. The van der Waals surface area contributed by atoms with Crippen molar-refractivity contribution in [1.29, 1.82) is 0 Å². The molecule has 0 saturated heterocycles. The number of ether oxygens (including phenoxy) is 1. The maximum Gasteiger partial charge on any atom is 0.255 e. The first-order valence-corrected chi connectivity index (χ1v) is 7.02. The van der Waals surface area contributed by atoms with Crippen LogP contribution in [0.3, 0.4) is 0 Å². The van der Waals surface area contributed by atoms with Gasteiger partial charge in [-0.25, -0.2) is 0 Å².